The molecule has 5 aromatic rings. The van der Waals surface area contributed by atoms with Crippen molar-refractivity contribution in [2.24, 2.45) is 0 Å². The number of ether oxygens (including phenoxy) is 1. The standard InChI is InChI=1S/C30H25FN4O4/c1-38-25-15-9-21(10-16-25)27-19-35(24-13-11-23(31)12-14-24)30(32-27)33-28(36)20-34(18-26-8-5-17-39-26)29(37)22-6-3-2-4-7-22/h2-17,19H,18,20H2,1H3,(H,32,33,36). The highest BCUT2D eigenvalue weighted by atomic mass is 19.1. The Hall–Kier alpha value is -5.18. The van der Waals surface area contributed by atoms with Gasteiger partial charge in [0, 0.05) is 23.0 Å². The fraction of sp³-hybridized carbons (Fsp3) is 0.100. The Morgan fingerprint density at radius 1 is 0.974 bits per heavy atom. The fourth-order valence-electron chi connectivity index (χ4n) is 4.06. The van der Waals surface area contributed by atoms with Crippen LogP contribution in [-0.4, -0.2) is 39.9 Å². The number of halogens is 1. The van der Waals surface area contributed by atoms with Gasteiger partial charge in [0.15, 0.2) is 0 Å². The summed E-state index contributed by atoms with van der Waals surface area (Å²) in [4.78, 5) is 32.6. The number of imidazole rings is 1. The first kappa shape index (κ1) is 25.5. The molecule has 0 spiro atoms. The molecule has 0 radical (unpaired) electrons. The first-order valence-corrected chi connectivity index (χ1v) is 12.2. The van der Waals surface area contributed by atoms with Crippen LogP contribution in [0.1, 0.15) is 16.1 Å². The summed E-state index contributed by atoms with van der Waals surface area (Å²) >= 11 is 0. The molecule has 0 atom stereocenters. The Balaban J connectivity index is 1.43. The van der Waals surface area contributed by atoms with Crippen LogP contribution in [0.25, 0.3) is 16.9 Å². The van der Waals surface area contributed by atoms with Gasteiger partial charge in [-0.05, 0) is 72.8 Å². The number of nitrogens with one attached hydrogen (secondary N) is 1. The monoisotopic (exact) mass is 524 g/mol. The van der Waals surface area contributed by atoms with Crippen LogP contribution >= 0.6 is 0 Å². The highest BCUT2D eigenvalue weighted by Crippen LogP contribution is 2.26. The summed E-state index contributed by atoms with van der Waals surface area (Å²) in [7, 11) is 1.59. The third-order valence-corrected chi connectivity index (χ3v) is 6.02. The van der Waals surface area contributed by atoms with E-state index in [9.17, 15) is 14.0 Å². The lowest BCUT2D eigenvalue weighted by Gasteiger charge is -2.21. The molecule has 0 fully saturated rings. The van der Waals surface area contributed by atoms with Crippen molar-refractivity contribution in [3.63, 3.8) is 0 Å². The van der Waals surface area contributed by atoms with Crippen LogP contribution < -0.4 is 10.1 Å². The normalized spacial score (nSPS) is 10.7. The number of methoxy groups -OCH3 is 1. The number of furan rings is 1. The van der Waals surface area contributed by atoms with Gasteiger partial charge in [0.25, 0.3) is 5.91 Å². The van der Waals surface area contributed by atoms with E-state index in [-0.39, 0.29) is 30.8 Å². The molecule has 0 bridgehead atoms. The first-order chi connectivity index (χ1) is 19.0. The van der Waals surface area contributed by atoms with Gasteiger partial charge in [-0.25, -0.2) is 9.37 Å². The van der Waals surface area contributed by atoms with E-state index < -0.39 is 5.91 Å². The van der Waals surface area contributed by atoms with Crippen molar-refractivity contribution < 1.29 is 23.1 Å². The number of anilines is 1. The number of aromatic nitrogens is 2. The zero-order chi connectivity index (χ0) is 27.2. The van der Waals surface area contributed by atoms with Gasteiger partial charge in [0.2, 0.25) is 11.9 Å². The van der Waals surface area contributed by atoms with Crippen molar-refractivity contribution in [3.05, 3.63) is 121 Å². The minimum atomic E-state index is -0.457. The smallest absolute Gasteiger partial charge is 0.254 e. The maximum absolute atomic E-state index is 13.6. The molecular weight excluding hydrogens is 499 g/mol. The van der Waals surface area contributed by atoms with Crippen LogP contribution in [-0.2, 0) is 11.3 Å². The SMILES string of the molecule is COc1ccc(-c2cn(-c3ccc(F)cc3)c(NC(=O)CN(Cc3ccco3)C(=O)c3ccccc3)n2)cc1. The van der Waals surface area contributed by atoms with Crippen molar-refractivity contribution in [2.75, 3.05) is 19.0 Å². The van der Waals surface area contributed by atoms with Crippen LogP contribution in [0, 0.1) is 5.82 Å². The number of nitrogens with zero attached hydrogens (tertiary/aromatic N) is 3. The van der Waals surface area contributed by atoms with E-state index in [0.717, 1.165) is 5.56 Å². The highest BCUT2D eigenvalue weighted by molar-refractivity contribution is 5.99. The number of hydrogen-bond donors (Lipinski definition) is 1. The topological polar surface area (TPSA) is 89.6 Å². The average Bonchev–Trinajstić information content (AvgIpc) is 3.63. The summed E-state index contributed by atoms with van der Waals surface area (Å²) in [5.74, 6) is 0.311. The summed E-state index contributed by atoms with van der Waals surface area (Å²) in [6.45, 7) is -0.139. The summed E-state index contributed by atoms with van der Waals surface area (Å²) < 4.78 is 25.9. The Labute approximate surface area is 224 Å². The van der Waals surface area contributed by atoms with Gasteiger partial charge in [-0.2, -0.15) is 0 Å². The maximum Gasteiger partial charge on any atom is 0.254 e. The second-order valence-corrected chi connectivity index (χ2v) is 8.68. The third kappa shape index (κ3) is 6.04. The van der Waals surface area contributed by atoms with E-state index in [1.807, 2.05) is 30.3 Å². The van der Waals surface area contributed by atoms with Crippen LogP contribution in [0.2, 0.25) is 0 Å². The van der Waals surface area contributed by atoms with E-state index in [1.165, 1.54) is 23.3 Å². The quantitative estimate of drug-likeness (QED) is 0.273. The van der Waals surface area contributed by atoms with Gasteiger partial charge in [-0.3, -0.25) is 19.5 Å². The number of rotatable bonds is 9. The van der Waals surface area contributed by atoms with Crippen LogP contribution in [0.5, 0.6) is 5.75 Å². The van der Waals surface area contributed by atoms with E-state index >= 15 is 0 Å². The minimum absolute atomic E-state index is 0.109. The third-order valence-electron chi connectivity index (χ3n) is 6.02. The molecule has 0 saturated carbocycles. The molecule has 2 heterocycles. The van der Waals surface area contributed by atoms with E-state index in [2.05, 4.69) is 10.3 Å². The molecule has 0 unspecified atom stereocenters. The molecule has 2 aromatic heterocycles. The molecule has 0 aliphatic rings. The summed E-state index contributed by atoms with van der Waals surface area (Å²) in [5.41, 5.74) is 2.44. The number of carbonyl (C=O) groups excluding carboxylic acids is 2. The number of amides is 2. The second kappa shape index (κ2) is 11.5. The number of carbonyl (C=O) groups is 2. The Bertz CT molecular complexity index is 1550. The highest BCUT2D eigenvalue weighted by Gasteiger charge is 2.22. The summed E-state index contributed by atoms with van der Waals surface area (Å²) in [6.07, 6.45) is 3.27. The zero-order valence-corrected chi connectivity index (χ0v) is 21.1. The first-order valence-electron chi connectivity index (χ1n) is 12.2. The van der Waals surface area contributed by atoms with Crippen LogP contribution in [0.3, 0.4) is 0 Å². The van der Waals surface area contributed by atoms with Crippen molar-refractivity contribution in [3.8, 4) is 22.7 Å². The van der Waals surface area contributed by atoms with Crippen molar-refractivity contribution in [1.82, 2.24) is 14.5 Å². The van der Waals surface area contributed by atoms with E-state index in [1.54, 1.807) is 66.4 Å². The van der Waals surface area contributed by atoms with Crippen LogP contribution in [0.4, 0.5) is 10.3 Å². The molecule has 196 valence electrons. The molecule has 3 aromatic carbocycles. The van der Waals surface area contributed by atoms with Gasteiger partial charge in [0.05, 0.1) is 25.6 Å². The van der Waals surface area contributed by atoms with Crippen molar-refractivity contribution >= 4 is 17.8 Å². The van der Waals surface area contributed by atoms with Crippen molar-refractivity contribution in [1.29, 1.82) is 0 Å². The lowest BCUT2D eigenvalue weighted by Crippen LogP contribution is -2.37. The molecule has 8 nitrogen and oxygen atoms in total. The molecule has 5 rings (SSSR count). The predicted molar refractivity (Wildman–Crippen MR) is 144 cm³/mol. The Morgan fingerprint density at radius 2 is 1.72 bits per heavy atom. The molecular formula is C30H25FN4O4. The second-order valence-electron chi connectivity index (χ2n) is 8.68. The minimum Gasteiger partial charge on any atom is -0.497 e. The Kier molecular flexibility index (Phi) is 7.49. The molecule has 39 heavy (non-hydrogen) atoms. The largest absolute Gasteiger partial charge is 0.497 e. The molecule has 2 amide bonds. The fourth-order valence-corrected chi connectivity index (χ4v) is 4.06. The average molecular weight is 525 g/mol. The van der Waals surface area contributed by atoms with Gasteiger partial charge < -0.3 is 14.1 Å². The lowest BCUT2D eigenvalue weighted by molar-refractivity contribution is -0.117. The van der Waals surface area contributed by atoms with Crippen molar-refractivity contribution in [2.45, 2.75) is 6.54 Å². The predicted octanol–water partition coefficient (Wildman–Crippen LogP) is 5.56. The molecule has 1 N–H and O–H groups in total. The van der Waals surface area contributed by atoms with Gasteiger partial charge >= 0.3 is 0 Å². The van der Waals surface area contributed by atoms with E-state index in [4.69, 9.17) is 9.15 Å². The molecule has 0 aliphatic carbocycles. The summed E-state index contributed by atoms with van der Waals surface area (Å²) in [5, 5.41) is 2.82. The van der Waals surface area contributed by atoms with Gasteiger partial charge in [-0.15, -0.1) is 0 Å². The Morgan fingerprint density at radius 3 is 2.38 bits per heavy atom. The van der Waals surface area contributed by atoms with Gasteiger partial charge in [0.1, 0.15) is 23.9 Å². The van der Waals surface area contributed by atoms with E-state index in [0.29, 0.717) is 28.5 Å². The summed E-state index contributed by atoms with van der Waals surface area (Å²) in [6, 6.07) is 25.4. The lowest BCUT2D eigenvalue weighted by atomic mass is 10.1. The number of benzene rings is 3. The molecule has 0 aliphatic heterocycles. The molecule has 9 heteroatoms. The maximum atomic E-state index is 13.6. The molecule has 0 saturated heterocycles. The number of hydrogen-bond acceptors (Lipinski definition) is 5. The van der Waals surface area contributed by atoms with Crippen LogP contribution in [0.15, 0.2) is 108 Å². The van der Waals surface area contributed by atoms with Gasteiger partial charge in [-0.1, -0.05) is 18.2 Å². The zero-order valence-electron chi connectivity index (χ0n) is 21.1.